The third-order valence-corrected chi connectivity index (χ3v) is 5.16. The lowest BCUT2D eigenvalue weighted by Gasteiger charge is -2.12. The summed E-state index contributed by atoms with van der Waals surface area (Å²) in [6, 6.07) is 13.3. The topological polar surface area (TPSA) is 76.7 Å². The minimum absolute atomic E-state index is 0.201. The van der Waals surface area contributed by atoms with Crippen molar-refractivity contribution in [3.63, 3.8) is 0 Å². The molecule has 0 saturated heterocycles. The molecule has 0 heterocycles. The second-order valence-corrected chi connectivity index (χ2v) is 7.52. The lowest BCUT2D eigenvalue weighted by Crippen LogP contribution is -2.45. The molecule has 2 aromatic rings. The Morgan fingerprint density at radius 1 is 0.966 bits per heavy atom. The Bertz CT molecular complexity index is 824. The molecule has 0 spiro atoms. The molecule has 0 saturated carbocycles. The van der Waals surface area contributed by atoms with Gasteiger partial charge in [0.05, 0.1) is 4.47 Å². The van der Waals surface area contributed by atoms with Crippen molar-refractivity contribution in [3.8, 4) is 11.5 Å². The van der Waals surface area contributed by atoms with Crippen LogP contribution < -0.4 is 20.3 Å². The summed E-state index contributed by atoms with van der Waals surface area (Å²) in [5.74, 6) is 0.714. The molecule has 2 N–H and O–H groups in total. The van der Waals surface area contributed by atoms with Crippen molar-refractivity contribution in [1.82, 2.24) is 10.9 Å². The highest BCUT2D eigenvalue weighted by molar-refractivity contribution is 9.10. The fourth-order valence-corrected chi connectivity index (χ4v) is 3.05. The minimum Gasteiger partial charge on any atom is -0.484 e. The number of nitrogens with one attached hydrogen (secondary N) is 2. The molecule has 7 heteroatoms. The van der Waals surface area contributed by atoms with E-state index in [0.29, 0.717) is 17.4 Å². The Balaban J connectivity index is 1.70. The molecule has 0 aliphatic rings. The maximum atomic E-state index is 11.9. The highest BCUT2D eigenvalue weighted by atomic mass is 79.9. The summed E-state index contributed by atoms with van der Waals surface area (Å²) >= 11 is 3.42. The Hall–Kier alpha value is -2.54. The van der Waals surface area contributed by atoms with Crippen LogP contribution >= 0.6 is 15.9 Å². The number of hydrogen-bond donors (Lipinski definition) is 2. The van der Waals surface area contributed by atoms with Gasteiger partial charge in [0.1, 0.15) is 11.5 Å². The summed E-state index contributed by atoms with van der Waals surface area (Å²) in [5.41, 5.74) is 7.00. The fourth-order valence-electron chi connectivity index (χ4n) is 2.51. The van der Waals surface area contributed by atoms with Crippen molar-refractivity contribution in [1.29, 1.82) is 0 Å². The first-order chi connectivity index (χ1) is 13.9. The third kappa shape index (κ3) is 7.42. The van der Waals surface area contributed by atoms with E-state index >= 15 is 0 Å². The number of benzene rings is 2. The van der Waals surface area contributed by atoms with Crippen LogP contribution in [0.3, 0.4) is 0 Å². The second kappa shape index (κ2) is 11.5. The van der Waals surface area contributed by atoms with Crippen LogP contribution in [0.15, 0.2) is 46.9 Å². The number of hydrogen-bond acceptors (Lipinski definition) is 4. The van der Waals surface area contributed by atoms with Gasteiger partial charge in [0.15, 0.2) is 13.2 Å². The Labute approximate surface area is 180 Å². The molecule has 6 nitrogen and oxygen atoms in total. The predicted molar refractivity (Wildman–Crippen MR) is 116 cm³/mol. The molecule has 0 bridgehead atoms. The third-order valence-electron chi connectivity index (χ3n) is 4.54. The summed E-state index contributed by atoms with van der Waals surface area (Å²) in [6.45, 7) is 5.94. The van der Waals surface area contributed by atoms with E-state index in [2.05, 4.69) is 47.6 Å². The smallest absolute Gasteiger partial charge is 0.276 e. The first kappa shape index (κ1) is 22.7. The molecule has 0 aliphatic carbocycles. The van der Waals surface area contributed by atoms with Gasteiger partial charge in [-0.2, -0.15) is 0 Å². The lowest BCUT2D eigenvalue weighted by molar-refractivity contribution is -0.131. The van der Waals surface area contributed by atoms with Crippen molar-refractivity contribution in [3.05, 3.63) is 58.1 Å². The van der Waals surface area contributed by atoms with E-state index in [9.17, 15) is 9.59 Å². The van der Waals surface area contributed by atoms with Crippen LogP contribution in [0.1, 0.15) is 44.2 Å². The molecule has 156 valence electrons. The van der Waals surface area contributed by atoms with E-state index in [1.807, 2.05) is 36.4 Å². The Kier molecular flexibility index (Phi) is 8.99. The van der Waals surface area contributed by atoms with Gasteiger partial charge in [-0.3, -0.25) is 20.4 Å². The normalized spacial score (nSPS) is 11.4. The molecule has 2 aromatic carbocycles. The van der Waals surface area contributed by atoms with Crippen LogP contribution in [-0.4, -0.2) is 25.0 Å². The van der Waals surface area contributed by atoms with Crippen LogP contribution in [0.5, 0.6) is 11.5 Å². The van der Waals surface area contributed by atoms with Crippen LogP contribution in [0, 0.1) is 0 Å². The van der Waals surface area contributed by atoms with Crippen LogP contribution in [0.2, 0.25) is 0 Å². The van der Waals surface area contributed by atoms with Gasteiger partial charge in [-0.25, -0.2) is 0 Å². The summed E-state index contributed by atoms with van der Waals surface area (Å²) in [7, 11) is 0. The van der Waals surface area contributed by atoms with E-state index in [0.717, 1.165) is 22.9 Å². The van der Waals surface area contributed by atoms with Crippen LogP contribution in [0.25, 0.3) is 0 Å². The molecule has 0 fully saturated rings. The number of rotatable bonds is 9. The molecule has 1 unspecified atom stereocenters. The zero-order chi connectivity index (χ0) is 21.2. The number of hydrazine groups is 1. The first-order valence-electron chi connectivity index (χ1n) is 9.64. The highest BCUT2D eigenvalue weighted by Crippen LogP contribution is 2.26. The number of ether oxygens (including phenoxy) is 2. The zero-order valence-corrected chi connectivity index (χ0v) is 18.5. The average Bonchev–Trinajstić information content (AvgIpc) is 2.75. The molecule has 2 rings (SSSR count). The van der Waals surface area contributed by atoms with Gasteiger partial charge in [-0.1, -0.05) is 39.0 Å². The van der Waals surface area contributed by atoms with Gasteiger partial charge in [0.2, 0.25) is 0 Å². The second-order valence-electron chi connectivity index (χ2n) is 6.67. The minimum atomic E-state index is -0.470. The highest BCUT2D eigenvalue weighted by Gasteiger charge is 2.09. The van der Waals surface area contributed by atoms with Crippen molar-refractivity contribution in [2.75, 3.05) is 13.2 Å². The summed E-state index contributed by atoms with van der Waals surface area (Å²) in [6.07, 6.45) is 1.97. The predicted octanol–water partition coefficient (Wildman–Crippen LogP) is 4.13. The zero-order valence-electron chi connectivity index (χ0n) is 17.0. The molecule has 1 atom stereocenters. The van der Waals surface area contributed by atoms with E-state index in [1.165, 1.54) is 5.56 Å². The van der Waals surface area contributed by atoms with E-state index < -0.39 is 11.8 Å². The van der Waals surface area contributed by atoms with Crippen molar-refractivity contribution in [2.24, 2.45) is 0 Å². The van der Waals surface area contributed by atoms with Crippen molar-refractivity contribution >= 4 is 27.7 Å². The Morgan fingerprint density at radius 3 is 2.14 bits per heavy atom. The number of halogens is 1. The first-order valence-corrected chi connectivity index (χ1v) is 10.4. The van der Waals surface area contributed by atoms with Gasteiger partial charge in [-0.15, -0.1) is 0 Å². The SMILES string of the molecule is CCc1ccc(OCC(=O)NNC(=O)COc2ccc(C(C)CC)cc2)c(Br)c1. The molecular formula is C22H27BrN2O4. The van der Waals surface area contributed by atoms with Gasteiger partial charge < -0.3 is 9.47 Å². The quantitative estimate of drug-likeness (QED) is 0.549. The van der Waals surface area contributed by atoms with E-state index in [-0.39, 0.29) is 13.2 Å². The maximum absolute atomic E-state index is 11.9. The number of aryl methyl sites for hydroxylation is 1. The van der Waals surface area contributed by atoms with Crippen LogP contribution in [0.4, 0.5) is 0 Å². The fraction of sp³-hybridized carbons (Fsp3) is 0.364. The van der Waals surface area contributed by atoms with Gasteiger partial charge >= 0.3 is 0 Å². The number of carbonyl (C=O) groups excluding carboxylic acids is 2. The van der Waals surface area contributed by atoms with Gasteiger partial charge in [0, 0.05) is 0 Å². The van der Waals surface area contributed by atoms with Gasteiger partial charge in [0.25, 0.3) is 11.8 Å². The summed E-state index contributed by atoms with van der Waals surface area (Å²) < 4.78 is 11.7. The standard InChI is InChI=1S/C22H27BrN2O4/c1-4-15(3)17-7-9-18(10-8-17)28-13-21(26)24-25-22(27)14-29-20-11-6-16(5-2)12-19(20)23/h6-12,15H,4-5,13-14H2,1-3H3,(H,24,26)(H,25,27). The summed E-state index contributed by atoms with van der Waals surface area (Å²) in [4.78, 5) is 23.7. The molecule has 29 heavy (non-hydrogen) atoms. The van der Waals surface area contributed by atoms with E-state index in [1.54, 1.807) is 6.07 Å². The summed E-state index contributed by atoms with van der Waals surface area (Å²) in [5, 5.41) is 0. The molecule has 0 aliphatic heterocycles. The maximum Gasteiger partial charge on any atom is 0.276 e. The number of amides is 2. The van der Waals surface area contributed by atoms with Gasteiger partial charge in [-0.05, 0) is 70.1 Å². The molecule has 0 radical (unpaired) electrons. The number of carbonyl (C=O) groups is 2. The Morgan fingerprint density at radius 2 is 1.59 bits per heavy atom. The van der Waals surface area contributed by atoms with Crippen molar-refractivity contribution in [2.45, 2.75) is 39.5 Å². The van der Waals surface area contributed by atoms with Crippen LogP contribution in [-0.2, 0) is 16.0 Å². The largest absolute Gasteiger partial charge is 0.484 e. The average molecular weight is 463 g/mol. The van der Waals surface area contributed by atoms with E-state index in [4.69, 9.17) is 9.47 Å². The van der Waals surface area contributed by atoms with Crippen molar-refractivity contribution < 1.29 is 19.1 Å². The monoisotopic (exact) mass is 462 g/mol. The molecular weight excluding hydrogens is 436 g/mol. The molecule has 0 aromatic heterocycles. The lowest BCUT2D eigenvalue weighted by atomic mass is 9.99. The molecule has 2 amide bonds.